The second-order valence-corrected chi connectivity index (χ2v) is 3.27. The normalized spacial score (nSPS) is 9.68. The van der Waals surface area contributed by atoms with Crippen molar-refractivity contribution < 1.29 is 18.8 Å². The molecule has 1 heterocycles. The van der Waals surface area contributed by atoms with Crippen molar-refractivity contribution in [2.24, 2.45) is 0 Å². The van der Waals surface area contributed by atoms with Gasteiger partial charge < -0.3 is 4.74 Å². The van der Waals surface area contributed by atoms with Gasteiger partial charge in [-0.1, -0.05) is 17.3 Å². The molecule has 0 aliphatic carbocycles. The molecule has 8 nitrogen and oxygen atoms in total. The van der Waals surface area contributed by atoms with E-state index in [0.29, 0.717) is 0 Å². The van der Waals surface area contributed by atoms with Gasteiger partial charge in [-0.3, -0.25) is 24.8 Å². The van der Waals surface area contributed by atoms with Gasteiger partial charge in [0.1, 0.15) is 11.5 Å². The molecule has 0 fully saturated rings. The number of hydrogen-bond donors (Lipinski definition) is 2. The van der Waals surface area contributed by atoms with Gasteiger partial charge in [-0.2, -0.15) is 4.98 Å². The van der Waals surface area contributed by atoms with E-state index in [1.165, 1.54) is 12.1 Å². The van der Waals surface area contributed by atoms with Gasteiger partial charge in [-0.05, 0) is 12.1 Å². The second kappa shape index (κ2) is 5.54. The Labute approximate surface area is 106 Å². The van der Waals surface area contributed by atoms with Gasteiger partial charge in [0.05, 0.1) is 0 Å². The predicted molar refractivity (Wildman–Crippen MR) is 61.8 cm³/mol. The number of aromatic nitrogens is 2. The quantitative estimate of drug-likeness (QED) is 0.597. The molecule has 0 saturated heterocycles. The molecule has 0 aliphatic rings. The zero-order valence-corrected chi connectivity index (χ0v) is 9.49. The number of para-hydroxylation sites is 1. The molecule has 1 aromatic heterocycles. The first kappa shape index (κ1) is 12.4. The Hall–Kier alpha value is -3.03. The van der Waals surface area contributed by atoms with Crippen LogP contribution in [0.1, 0.15) is 5.56 Å². The summed E-state index contributed by atoms with van der Waals surface area (Å²) in [7, 11) is 0. The highest BCUT2D eigenvalue weighted by Crippen LogP contribution is 2.23. The molecule has 0 saturated carbocycles. The molecule has 2 amide bonds. The molecule has 96 valence electrons. The fourth-order valence-electron chi connectivity index (χ4n) is 1.31. The van der Waals surface area contributed by atoms with Crippen LogP contribution in [-0.4, -0.2) is 28.2 Å². The molecule has 0 atom stereocenters. The standard InChI is InChI=1S/C11H8N4O4/c12-9(10(17)14-6-16)7-3-1-2-4-8(7)18-11-13-5-15-19-11/h1-6,12H,(H,14,16,17). The summed E-state index contributed by atoms with van der Waals surface area (Å²) in [6.45, 7) is 0. The summed E-state index contributed by atoms with van der Waals surface area (Å²) >= 11 is 0. The number of hydrogen-bond acceptors (Lipinski definition) is 7. The molecule has 8 heteroatoms. The number of benzene rings is 1. The monoisotopic (exact) mass is 260 g/mol. The third-order valence-corrected chi connectivity index (χ3v) is 2.11. The summed E-state index contributed by atoms with van der Waals surface area (Å²) in [5.41, 5.74) is -0.220. The molecule has 0 spiro atoms. The van der Waals surface area contributed by atoms with Crippen LogP contribution in [0.4, 0.5) is 0 Å². The van der Waals surface area contributed by atoms with Crippen molar-refractivity contribution in [3.8, 4) is 11.8 Å². The van der Waals surface area contributed by atoms with Gasteiger partial charge in [0, 0.05) is 5.56 Å². The summed E-state index contributed by atoms with van der Waals surface area (Å²) in [5.74, 6) is -0.644. The Kier molecular flexibility index (Phi) is 3.62. The van der Waals surface area contributed by atoms with E-state index in [-0.39, 0.29) is 23.8 Å². The van der Waals surface area contributed by atoms with Crippen molar-refractivity contribution in [2.45, 2.75) is 0 Å². The Morgan fingerprint density at radius 3 is 2.89 bits per heavy atom. The highest BCUT2D eigenvalue weighted by molar-refractivity contribution is 6.45. The largest absolute Gasteiger partial charge is 0.422 e. The van der Waals surface area contributed by atoms with Crippen molar-refractivity contribution in [2.75, 3.05) is 0 Å². The summed E-state index contributed by atoms with van der Waals surface area (Å²) in [6.07, 6.45) is 1.25. The molecule has 0 radical (unpaired) electrons. The van der Waals surface area contributed by atoms with Crippen molar-refractivity contribution in [3.05, 3.63) is 36.2 Å². The lowest BCUT2D eigenvalue weighted by atomic mass is 10.1. The van der Waals surface area contributed by atoms with E-state index in [0.717, 1.165) is 6.33 Å². The number of imide groups is 1. The summed E-state index contributed by atoms with van der Waals surface area (Å²) in [4.78, 5) is 25.3. The number of ether oxygens (including phenoxy) is 1. The molecule has 2 aromatic rings. The van der Waals surface area contributed by atoms with Crippen LogP contribution < -0.4 is 10.1 Å². The number of carbonyl (C=O) groups is 2. The maximum absolute atomic E-state index is 11.4. The van der Waals surface area contributed by atoms with Crippen molar-refractivity contribution in [3.63, 3.8) is 0 Å². The topological polar surface area (TPSA) is 118 Å². The fraction of sp³-hybridized carbons (Fsp3) is 0. The molecule has 2 N–H and O–H groups in total. The molecule has 0 bridgehead atoms. The van der Waals surface area contributed by atoms with Crippen molar-refractivity contribution >= 4 is 18.0 Å². The predicted octanol–water partition coefficient (Wildman–Crippen LogP) is 0.502. The van der Waals surface area contributed by atoms with Crippen LogP contribution in [0.2, 0.25) is 0 Å². The zero-order chi connectivity index (χ0) is 13.7. The lowest BCUT2D eigenvalue weighted by Gasteiger charge is -2.07. The molecule has 0 aliphatic heterocycles. The van der Waals surface area contributed by atoms with E-state index >= 15 is 0 Å². The van der Waals surface area contributed by atoms with Gasteiger partial charge in [0.15, 0.2) is 6.33 Å². The van der Waals surface area contributed by atoms with Gasteiger partial charge in [-0.15, -0.1) is 0 Å². The minimum absolute atomic E-state index is 0.115. The summed E-state index contributed by atoms with van der Waals surface area (Å²) in [5, 5.41) is 12.9. The highest BCUT2D eigenvalue weighted by Gasteiger charge is 2.17. The van der Waals surface area contributed by atoms with E-state index in [9.17, 15) is 9.59 Å². The third kappa shape index (κ3) is 2.80. The van der Waals surface area contributed by atoms with Crippen LogP contribution in [0.5, 0.6) is 11.8 Å². The van der Waals surface area contributed by atoms with E-state index in [4.69, 9.17) is 10.1 Å². The van der Waals surface area contributed by atoms with Crippen LogP contribution in [0.3, 0.4) is 0 Å². The van der Waals surface area contributed by atoms with Crippen LogP contribution in [0, 0.1) is 5.41 Å². The Bertz CT molecular complexity index is 609. The fourth-order valence-corrected chi connectivity index (χ4v) is 1.31. The summed E-state index contributed by atoms with van der Waals surface area (Å²) < 4.78 is 9.92. The smallest absolute Gasteiger partial charge is 0.409 e. The lowest BCUT2D eigenvalue weighted by molar-refractivity contribution is -0.120. The van der Waals surface area contributed by atoms with E-state index < -0.39 is 11.6 Å². The van der Waals surface area contributed by atoms with Gasteiger partial charge in [0.2, 0.25) is 6.41 Å². The van der Waals surface area contributed by atoms with E-state index in [2.05, 4.69) is 14.7 Å². The van der Waals surface area contributed by atoms with Gasteiger partial charge in [-0.25, -0.2) is 0 Å². The second-order valence-electron chi connectivity index (χ2n) is 3.27. The zero-order valence-electron chi connectivity index (χ0n) is 9.49. The number of nitrogens with zero attached hydrogens (tertiary/aromatic N) is 2. The number of nitrogens with one attached hydrogen (secondary N) is 2. The molecule has 1 aromatic carbocycles. The number of amides is 2. The van der Waals surface area contributed by atoms with Crippen molar-refractivity contribution in [1.82, 2.24) is 15.5 Å². The Morgan fingerprint density at radius 1 is 1.42 bits per heavy atom. The van der Waals surface area contributed by atoms with Crippen LogP contribution in [-0.2, 0) is 9.59 Å². The molecule has 0 unspecified atom stereocenters. The minimum atomic E-state index is -0.837. The average molecular weight is 260 g/mol. The molecule has 19 heavy (non-hydrogen) atoms. The van der Waals surface area contributed by atoms with Crippen molar-refractivity contribution in [1.29, 1.82) is 5.41 Å². The van der Waals surface area contributed by atoms with Gasteiger partial charge >= 0.3 is 6.08 Å². The number of carbonyl (C=O) groups excluding carboxylic acids is 2. The maximum Gasteiger partial charge on any atom is 0.422 e. The van der Waals surface area contributed by atoms with E-state index in [1.54, 1.807) is 12.1 Å². The van der Waals surface area contributed by atoms with Gasteiger partial charge in [0.25, 0.3) is 5.91 Å². The van der Waals surface area contributed by atoms with Crippen LogP contribution in [0.15, 0.2) is 35.1 Å². The SMILES string of the molecule is N=C(C(=O)NC=O)c1ccccc1Oc1ncno1. The van der Waals surface area contributed by atoms with Crippen LogP contribution in [0.25, 0.3) is 0 Å². The maximum atomic E-state index is 11.4. The first-order valence-electron chi connectivity index (χ1n) is 5.09. The third-order valence-electron chi connectivity index (χ3n) is 2.11. The molecular formula is C11H8N4O4. The molecule has 2 rings (SSSR count). The Balaban J connectivity index is 2.28. The Morgan fingerprint density at radius 2 is 2.21 bits per heavy atom. The lowest BCUT2D eigenvalue weighted by Crippen LogP contribution is -2.30. The highest BCUT2D eigenvalue weighted by atomic mass is 16.6. The van der Waals surface area contributed by atoms with Crippen LogP contribution >= 0.6 is 0 Å². The number of rotatable bonds is 5. The average Bonchev–Trinajstić information content (AvgIpc) is 2.92. The minimum Gasteiger partial charge on any atom is -0.409 e. The molecular weight excluding hydrogens is 252 g/mol. The summed E-state index contributed by atoms with van der Waals surface area (Å²) in [6, 6.07) is 6.31. The van der Waals surface area contributed by atoms with E-state index in [1.807, 2.05) is 5.32 Å². The first-order valence-corrected chi connectivity index (χ1v) is 5.09. The first-order chi connectivity index (χ1) is 9.22.